The molecule has 0 aliphatic heterocycles. The molecular formula is C10H20NO5S+. The second kappa shape index (κ2) is 6.73. The fraction of sp³-hybridized carbons (Fsp3) is 0.700. The predicted octanol–water partition coefficient (Wildman–Crippen LogP) is 0.0699. The number of nitrogens with zero attached hydrogens (tertiary/aromatic N) is 1. The quantitative estimate of drug-likeness (QED) is 0.221. The van der Waals surface area contributed by atoms with Gasteiger partial charge in [-0.05, 0) is 0 Å². The lowest BCUT2D eigenvalue weighted by Crippen LogP contribution is -2.44. The van der Waals surface area contributed by atoms with Gasteiger partial charge in [0.25, 0.3) is 10.1 Å². The molecule has 0 heterocycles. The normalized spacial score (nSPS) is 12.2. The van der Waals surface area contributed by atoms with Crippen molar-refractivity contribution < 1.29 is 27.0 Å². The highest BCUT2D eigenvalue weighted by Crippen LogP contribution is 2.01. The van der Waals surface area contributed by atoms with Gasteiger partial charge in [0.05, 0.1) is 33.8 Å². The van der Waals surface area contributed by atoms with E-state index in [1.807, 2.05) is 14.1 Å². The van der Waals surface area contributed by atoms with Crippen LogP contribution in [0.4, 0.5) is 0 Å². The Hall–Kier alpha value is -0.920. The van der Waals surface area contributed by atoms with Crippen LogP contribution in [0.3, 0.4) is 0 Å². The number of hydrogen-bond donors (Lipinski definition) is 1. The van der Waals surface area contributed by atoms with Crippen molar-refractivity contribution in [1.82, 2.24) is 0 Å². The molecular weight excluding hydrogens is 246 g/mol. The second-order valence-electron chi connectivity index (χ2n) is 4.39. The van der Waals surface area contributed by atoms with Crippen LogP contribution in [0, 0.1) is 0 Å². The first kappa shape index (κ1) is 16.1. The van der Waals surface area contributed by atoms with Crippen molar-refractivity contribution >= 4 is 16.1 Å². The summed E-state index contributed by atoms with van der Waals surface area (Å²) in [4.78, 5) is 10.7. The van der Waals surface area contributed by atoms with Gasteiger partial charge in [-0.2, -0.15) is 8.42 Å². The first-order valence-corrected chi connectivity index (χ1v) is 6.83. The number of carbonyl (C=O) groups is 1. The van der Waals surface area contributed by atoms with E-state index in [4.69, 9.17) is 9.29 Å². The van der Waals surface area contributed by atoms with Gasteiger partial charge in [0, 0.05) is 12.5 Å². The first-order valence-electron chi connectivity index (χ1n) is 5.23. The predicted molar refractivity (Wildman–Crippen MR) is 64.0 cm³/mol. The molecule has 0 atom stereocenters. The van der Waals surface area contributed by atoms with E-state index < -0.39 is 16.1 Å². The number of ether oxygens (including phenoxy) is 1. The monoisotopic (exact) mass is 266 g/mol. The maximum atomic E-state index is 10.7. The summed E-state index contributed by atoms with van der Waals surface area (Å²) in [6.45, 7) is 4.51. The van der Waals surface area contributed by atoms with Gasteiger partial charge in [0.15, 0.2) is 0 Å². The molecule has 17 heavy (non-hydrogen) atoms. The molecule has 0 fully saturated rings. The third-order valence-electron chi connectivity index (χ3n) is 2.27. The van der Waals surface area contributed by atoms with Crippen molar-refractivity contribution in [2.24, 2.45) is 0 Å². The van der Waals surface area contributed by atoms with E-state index in [0.717, 1.165) is 6.08 Å². The second-order valence-corrected chi connectivity index (χ2v) is 5.97. The number of hydrogen-bond acceptors (Lipinski definition) is 4. The van der Waals surface area contributed by atoms with Crippen molar-refractivity contribution in [3.05, 3.63) is 12.7 Å². The fourth-order valence-electron chi connectivity index (χ4n) is 1.20. The number of carbonyl (C=O) groups excluding carboxylic acids is 1. The zero-order chi connectivity index (χ0) is 13.5. The summed E-state index contributed by atoms with van der Waals surface area (Å²) >= 11 is 0. The summed E-state index contributed by atoms with van der Waals surface area (Å²) in [5, 5.41) is 0. The van der Waals surface area contributed by atoms with Crippen molar-refractivity contribution in [3.8, 4) is 0 Å². The Morgan fingerprint density at radius 1 is 1.41 bits per heavy atom. The Morgan fingerprint density at radius 2 is 2.00 bits per heavy atom. The lowest BCUT2D eigenvalue weighted by Gasteiger charge is -2.29. The van der Waals surface area contributed by atoms with E-state index in [-0.39, 0.29) is 12.4 Å². The van der Waals surface area contributed by atoms with Gasteiger partial charge in [0.2, 0.25) is 0 Å². The van der Waals surface area contributed by atoms with Crippen molar-refractivity contribution in [3.63, 3.8) is 0 Å². The molecule has 100 valence electrons. The lowest BCUT2D eigenvalue weighted by molar-refractivity contribution is -0.888. The summed E-state index contributed by atoms with van der Waals surface area (Å²) in [6.07, 6.45) is 1.72. The molecule has 0 aliphatic carbocycles. The molecule has 1 N–H and O–H groups in total. The largest absolute Gasteiger partial charge is 0.462 e. The summed E-state index contributed by atoms with van der Waals surface area (Å²) in [5.74, 6) is -0.736. The van der Waals surface area contributed by atoms with Crippen molar-refractivity contribution in [2.75, 3.05) is 39.5 Å². The van der Waals surface area contributed by atoms with Gasteiger partial charge >= 0.3 is 5.97 Å². The molecule has 0 aliphatic rings. The fourth-order valence-corrected chi connectivity index (χ4v) is 1.92. The van der Waals surface area contributed by atoms with Crippen LogP contribution in [0.5, 0.6) is 0 Å². The van der Waals surface area contributed by atoms with E-state index in [2.05, 4.69) is 6.58 Å². The molecule has 0 aromatic heterocycles. The smallest absolute Gasteiger partial charge is 0.330 e. The van der Waals surface area contributed by atoms with Gasteiger partial charge in [-0.1, -0.05) is 6.58 Å². The molecule has 0 aromatic carbocycles. The average molecular weight is 266 g/mol. The molecule has 0 unspecified atom stereocenters. The molecule has 0 bridgehead atoms. The number of rotatable bonds is 8. The van der Waals surface area contributed by atoms with Crippen LogP contribution >= 0.6 is 0 Å². The topological polar surface area (TPSA) is 80.7 Å². The third-order valence-corrected chi connectivity index (χ3v) is 2.97. The average Bonchev–Trinajstić information content (AvgIpc) is 2.20. The lowest BCUT2D eigenvalue weighted by atomic mass is 10.3. The van der Waals surface area contributed by atoms with E-state index in [9.17, 15) is 13.2 Å². The minimum Gasteiger partial charge on any atom is -0.462 e. The van der Waals surface area contributed by atoms with Gasteiger partial charge in [0.1, 0.15) is 5.75 Å². The number of quaternary nitrogens is 1. The van der Waals surface area contributed by atoms with Gasteiger partial charge in [-0.25, -0.2) is 4.79 Å². The molecule has 6 nitrogen and oxygen atoms in total. The Labute approximate surface area is 102 Å². The highest BCUT2D eigenvalue weighted by atomic mass is 32.2. The summed E-state index contributed by atoms with van der Waals surface area (Å²) in [5.41, 5.74) is 0. The van der Waals surface area contributed by atoms with E-state index in [0.29, 0.717) is 24.0 Å². The van der Waals surface area contributed by atoms with Crippen LogP contribution in [0.15, 0.2) is 12.7 Å². The SMILES string of the molecule is C=CC(=O)OCCC[N+](C)(C)CCS(=O)(=O)O. The Morgan fingerprint density at radius 3 is 2.47 bits per heavy atom. The van der Waals surface area contributed by atoms with Crippen LogP contribution < -0.4 is 0 Å². The molecule has 0 saturated carbocycles. The highest BCUT2D eigenvalue weighted by Gasteiger charge is 2.18. The maximum Gasteiger partial charge on any atom is 0.330 e. The van der Waals surface area contributed by atoms with Crippen molar-refractivity contribution in [1.29, 1.82) is 0 Å². The Balaban J connectivity index is 3.86. The van der Waals surface area contributed by atoms with E-state index >= 15 is 0 Å². The van der Waals surface area contributed by atoms with Crippen molar-refractivity contribution in [2.45, 2.75) is 6.42 Å². The van der Waals surface area contributed by atoms with Gasteiger partial charge in [-0.15, -0.1) is 0 Å². The van der Waals surface area contributed by atoms with Crippen LogP contribution in [0.1, 0.15) is 6.42 Å². The molecule has 0 rings (SSSR count). The molecule has 0 radical (unpaired) electrons. The molecule has 7 heteroatoms. The van der Waals surface area contributed by atoms with Crippen LogP contribution in [0.2, 0.25) is 0 Å². The minimum atomic E-state index is -3.92. The minimum absolute atomic E-state index is 0.271. The summed E-state index contributed by atoms with van der Waals surface area (Å²) < 4.78 is 35.1. The Kier molecular flexibility index (Phi) is 6.36. The van der Waals surface area contributed by atoms with E-state index in [1.54, 1.807) is 0 Å². The van der Waals surface area contributed by atoms with Crippen LogP contribution in [0.25, 0.3) is 0 Å². The van der Waals surface area contributed by atoms with E-state index in [1.165, 1.54) is 0 Å². The summed E-state index contributed by atoms with van der Waals surface area (Å²) in [6, 6.07) is 0. The molecule has 0 spiro atoms. The van der Waals surface area contributed by atoms with Crippen LogP contribution in [-0.2, 0) is 19.6 Å². The molecule has 0 amide bonds. The first-order chi connectivity index (χ1) is 7.66. The number of esters is 1. The molecule has 0 saturated heterocycles. The third kappa shape index (κ3) is 9.98. The van der Waals surface area contributed by atoms with Gasteiger partial charge in [-0.3, -0.25) is 4.55 Å². The molecule has 0 aromatic rings. The Bertz CT molecular complexity index is 361. The zero-order valence-electron chi connectivity index (χ0n) is 10.3. The standard InChI is InChI=1S/C10H19NO5S/c1-4-10(12)16-8-5-6-11(2,3)7-9-17(13,14)15/h4H,1,5-9H2,2-3H3/p+1. The maximum absolute atomic E-state index is 10.7. The highest BCUT2D eigenvalue weighted by molar-refractivity contribution is 7.85. The zero-order valence-corrected chi connectivity index (χ0v) is 11.1. The van der Waals surface area contributed by atoms with Gasteiger partial charge < -0.3 is 9.22 Å². The summed E-state index contributed by atoms with van der Waals surface area (Å²) in [7, 11) is -0.224. The van der Waals surface area contributed by atoms with Crippen LogP contribution in [-0.4, -0.2) is 63.0 Å².